The minimum atomic E-state index is -3.73. The Morgan fingerprint density at radius 2 is 1.67 bits per heavy atom. The number of nitrogens with one attached hydrogen (secondary N) is 1. The maximum atomic E-state index is 12.8. The van der Waals surface area contributed by atoms with Crippen LogP contribution < -0.4 is 10.9 Å². The van der Waals surface area contributed by atoms with Gasteiger partial charge in [0.15, 0.2) is 0 Å². The molecule has 0 atom stereocenters. The van der Waals surface area contributed by atoms with Crippen LogP contribution in [0.5, 0.6) is 0 Å². The summed E-state index contributed by atoms with van der Waals surface area (Å²) in [5, 5.41) is 3.00. The first kappa shape index (κ1) is 24.7. The van der Waals surface area contributed by atoms with Crippen molar-refractivity contribution in [2.75, 3.05) is 26.2 Å². The predicted octanol–water partition coefficient (Wildman–Crippen LogP) is 1.30. The molecule has 0 aliphatic carbocycles. The maximum Gasteiger partial charge on any atom is 0.251 e. The maximum absolute atomic E-state index is 12.8. The summed E-state index contributed by atoms with van der Waals surface area (Å²) in [5.74, 6) is -0.402. The van der Waals surface area contributed by atoms with Gasteiger partial charge in [0, 0.05) is 50.0 Å². The summed E-state index contributed by atoms with van der Waals surface area (Å²) in [7, 11) is -3.73. The zero-order chi connectivity index (χ0) is 24.0. The van der Waals surface area contributed by atoms with Gasteiger partial charge in [-0.3, -0.25) is 14.4 Å². The Bertz CT molecular complexity index is 1130. The highest BCUT2D eigenvalue weighted by molar-refractivity contribution is 7.89. The number of rotatable bonds is 8. The molecule has 33 heavy (non-hydrogen) atoms. The molecule has 10 heteroatoms. The minimum absolute atomic E-state index is 0.0130. The van der Waals surface area contributed by atoms with E-state index in [1.165, 1.54) is 22.6 Å². The van der Waals surface area contributed by atoms with Gasteiger partial charge in [-0.1, -0.05) is 32.0 Å². The van der Waals surface area contributed by atoms with Crippen LogP contribution in [0.4, 0.5) is 0 Å². The highest BCUT2D eigenvalue weighted by atomic mass is 32.2. The number of hydrogen-bond donors (Lipinski definition) is 1. The first-order chi connectivity index (χ1) is 15.8. The second-order valence-electron chi connectivity index (χ2n) is 7.91. The summed E-state index contributed by atoms with van der Waals surface area (Å²) in [4.78, 5) is 39.0. The average molecular weight is 475 g/mol. The first-order valence-corrected chi connectivity index (χ1v) is 12.5. The van der Waals surface area contributed by atoms with Crippen LogP contribution in [-0.4, -0.2) is 66.2 Å². The lowest BCUT2D eigenvalue weighted by molar-refractivity contribution is -0.133. The van der Waals surface area contributed by atoms with E-state index in [9.17, 15) is 22.8 Å². The number of sulfonamides is 1. The number of carbonyl (C=O) groups excluding carboxylic acids is 2. The molecular formula is C23H30N4O5S. The molecule has 3 rings (SSSR count). The van der Waals surface area contributed by atoms with E-state index >= 15 is 0 Å². The highest BCUT2D eigenvalue weighted by Crippen LogP contribution is 2.15. The largest absolute Gasteiger partial charge is 0.349 e. The van der Waals surface area contributed by atoms with Gasteiger partial charge in [0.25, 0.3) is 11.5 Å². The number of amides is 2. The van der Waals surface area contributed by atoms with Gasteiger partial charge in [-0.2, -0.15) is 4.31 Å². The van der Waals surface area contributed by atoms with E-state index in [-0.39, 0.29) is 29.3 Å². The summed E-state index contributed by atoms with van der Waals surface area (Å²) in [6, 6.07) is 11.4. The first-order valence-electron chi connectivity index (χ1n) is 11.1. The Morgan fingerprint density at radius 1 is 1.03 bits per heavy atom. The number of pyridine rings is 1. The molecule has 0 radical (unpaired) electrons. The molecule has 0 unspecified atom stereocenters. The zero-order valence-electron chi connectivity index (χ0n) is 18.9. The average Bonchev–Trinajstić information content (AvgIpc) is 2.82. The fraction of sp³-hybridized carbons (Fsp3) is 0.435. The van der Waals surface area contributed by atoms with Crippen molar-refractivity contribution in [2.45, 2.75) is 44.2 Å². The molecule has 0 saturated carbocycles. The van der Waals surface area contributed by atoms with E-state index in [1.807, 2.05) is 6.07 Å². The number of likely N-dealkylation sites (tertiary alicyclic amines) is 1. The van der Waals surface area contributed by atoms with E-state index in [0.29, 0.717) is 44.6 Å². The van der Waals surface area contributed by atoms with Crippen LogP contribution in [0.25, 0.3) is 0 Å². The third kappa shape index (κ3) is 5.88. The van der Waals surface area contributed by atoms with Gasteiger partial charge in [-0.25, -0.2) is 8.42 Å². The van der Waals surface area contributed by atoms with E-state index in [2.05, 4.69) is 5.32 Å². The van der Waals surface area contributed by atoms with Gasteiger partial charge < -0.3 is 14.8 Å². The summed E-state index contributed by atoms with van der Waals surface area (Å²) >= 11 is 0. The van der Waals surface area contributed by atoms with Crippen molar-refractivity contribution < 1.29 is 18.0 Å². The van der Waals surface area contributed by atoms with Gasteiger partial charge in [-0.05, 0) is 31.0 Å². The third-order valence-corrected chi connectivity index (χ3v) is 7.86. The van der Waals surface area contributed by atoms with Gasteiger partial charge in [0.1, 0.15) is 6.54 Å². The Hall–Kier alpha value is -2.98. The summed E-state index contributed by atoms with van der Waals surface area (Å²) in [6.45, 7) is 4.77. The third-order valence-electron chi connectivity index (χ3n) is 5.82. The molecule has 2 aromatic rings. The van der Waals surface area contributed by atoms with Crippen molar-refractivity contribution >= 4 is 21.8 Å². The van der Waals surface area contributed by atoms with Crippen LogP contribution >= 0.6 is 0 Å². The van der Waals surface area contributed by atoms with Gasteiger partial charge in [-0.15, -0.1) is 0 Å². The Morgan fingerprint density at radius 3 is 2.27 bits per heavy atom. The minimum Gasteiger partial charge on any atom is -0.349 e. The molecule has 9 nitrogen and oxygen atoms in total. The predicted molar refractivity (Wildman–Crippen MR) is 124 cm³/mol. The number of nitrogens with zero attached hydrogens (tertiary/aromatic N) is 3. The molecule has 2 heterocycles. The molecule has 0 spiro atoms. The van der Waals surface area contributed by atoms with Crippen LogP contribution in [0.1, 0.15) is 37.0 Å². The number of piperidine rings is 1. The standard InChI is InChI=1S/C23H30N4O5S/c1-3-27(4-2)33(31,32)20-10-11-21(28)26(16-20)17-22(29)25-14-12-19(13-15-25)24-23(30)18-8-6-5-7-9-18/h5-11,16,19H,3-4,12-15,17H2,1-2H3,(H,24,30). The van der Waals surface area contributed by atoms with Crippen LogP contribution in [0, 0.1) is 0 Å². The van der Waals surface area contributed by atoms with Crippen LogP contribution in [-0.2, 0) is 21.4 Å². The molecule has 2 amide bonds. The molecule has 1 aliphatic heterocycles. The molecule has 1 fully saturated rings. The van der Waals surface area contributed by atoms with Crippen molar-refractivity contribution in [3.8, 4) is 0 Å². The van der Waals surface area contributed by atoms with E-state index in [1.54, 1.807) is 43.0 Å². The lowest BCUT2D eigenvalue weighted by Gasteiger charge is -2.32. The molecule has 1 saturated heterocycles. The topological polar surface area (TPSA) is 109 Å². The zero-order valence-corrected chi connectivity index (χ0v) is 19.8. The van der Waals surface area contributed by atoms with Gasteiger partial charge in [0.05, 0.1) is 4.90 Å². The van der Waals surface area contributed by atoms with E-state index < -0.39 is 15.6 Å². The van der Waals surface area contributed by atoms with E-state index in [4.69, 9.17) is 0 Å². The molecule has 0 bridgehead atoms. The smallest absolute Gasteiger partial charge is 0.251 e. The fourth-order valence-corrected chi connectivity index (χ4v) is 5.35. The summed E-state index contributed by atoms with van der Waals surface area (Å²) in [6.07, 6.45) is 2.45. The van der Waals surface area contributed by atoms with Crippen molar-refractivity contribution in [2.24, 2.45) is 0 Å². The number of carbonyl (C=O) groups is 2. The number of benzene rings is 1. The molecule has 1 aliphatic rings. The monoisotopic (exact) mass is 474 g/mol. The quantitative estimate of drug-likeness (QED) is 0.620. The lowest BCUT2D eigenvalue weighted by atomic mass is 10.0. The fourth-order valence-electron chi connectivity index (χ4n) is 3.88. The van der Waals surface area contributed by atoms with Crippen LogP contribution in [0.2, 0.25) is 0 Å². The Labute approximate surface area is 194 Å². The normalized spacial score (nSPS) is 14.9. The summed E-state index contributed by atoms with van der Waals surface area (Å²) in [5.41, 5.74) is 0.154. The van der Waals surface area contributed by atoms with Crippen molar-refractivity contribution in [1.82, 2.24) is 19.1 Å². The second-order valence-corrected chi connectivity index (χ2v) is 9.85. The van der Waals surface area contributed by atoms with Crippen molar-refractivity contribution in [3.63, 3.8) is 0 Å². The van der Waals surface area contributed by atoms with Crippen LogP contribution in [0.15, 0.2) is 58.4 Å². The van der Waals surface area contributed by atoms with Gasteiger partial charge in [0.2, 0.25) is 15.9 Å². The summed E-state index contributed by atoms with van der Waals surface area (Å²) < 4.78 is 27.9. The highest BCUT2D eigenvalue weighted by Gasteiger charge is 2.26. The van der Waals surface area contributed by atoms with Gasteiger partial charge >= 0.3 is 0 Å². The molecule has 1 N–H and O–H groups in total. The Kier molecular flexibility index (Phi) is 8.04. The SMILES string of the molecule is CCN(CC)S(=O)(=O)c1ccc(=O)n(CC(=O)N2CCC(NC(=O)c3ccccc3)CC2)c1. The molecular weight excluding hydrogens is 444 g/mol. The molecule has 1 aromatic carbocycles. The van der Waals surface area contributed by atoms with E-state index in [0.717, 1.165) is 4.57 Å². The van der Waals surface area contributed by atoms with Crippen LogP contribution in [0.3, 0.4) is 0 Å². The second kappa shape index (κ2) is 10.8. The molecule has 1 aromatic heterocycles. The number of aromatic nitrogens is 1. The van der Waals surface area contributed by atoms with Crippen molar-refractivity contribution in [1.29, 1.82) is 0 Å². The van der Waals surface area contributed by atoms with Crippen molar-refractivity contribution in [3.05, 3.63) is 64.6 Å². The lowest BCUT2D eigenvalue weighted by Crippen LogP contribution is -2.47. The number of hydrogen-bond acceptors (Lipinski definition) is 5. The molecule has 178 valence electrons. The Balaban J connectivity index is 1.61.